The van der Waals surface area contributed by atoms with Gasteiger partial charge in [-0.15, -0.1) is 0 Å². The van der Waals surface area contributed by atoms with E-state index in [1.54, 1.807) is 11.1 Å². The van der Waals surface area contributed by atoms with Gasteiger partial charge < -0.3 is 8.90 Å². The van der Waals surface area contributed by atoms with E-state index in [2.05, 4.69) is 147 Å². The largest absolute Gasteiger partial charge is 0.455 e. The first kappa shape index (κ1) is 27.4. The molecule has 0 spiro atoms. The van der Waals surface area contributed by atoms with Crippen molar-refractivity contribution in [1.82, 2.24) is 4.48 Å². The minimum absolute atomic E-state index is 0.0646. The van der Waals surface area contributed by atoms with Crippen LogP contribution in [0.5, 0.6) is 0 Å². The number of nitrogens with zero attached hydrogens (tertiary/aromatic N) is 1. The summed E-state index contributed by atoms with van der Waals surface area (Å²) < 4.78 is 9.78. The van der Waals surface area contributed by atoms with Gasteiger partial charge in [0, 0.05) is 61.3 Å². The van der Waals surface area contributed by atoms with Crippen molar-refractivity contribution in [3.05, 3.63) is 154 Å². The number of rotatable bonds is 0. The first-order chi connectivity index (χ1) is 24.9. The van der Waals surface area contributed by atoms with Crippen LogP contribution in [0.3, 0.4) is 0 Å². The Morgan fingerprint density at radius 3 is 2.29 bits per heavy atom. The van der Waals surface area contributed by atoms with Crippen LogP contribution in [0.1, 0.15) is 85.0 Å². The SMILES string of the molecule is CC1(C)c2ccccc2-c2c1n1c3c(cccc23)-c2c3c(cc4c2oc2ccccc24)C2CC4C(c5ccccc5C4(C)C)c4cccc(c42)B31. The van der Waals surface area contributed by atoms with Gasteiger partial charge >= 0.3 is 6.85 Å². The second-order valence-electron chi connectivity index (χ2n) is 17.1. The maximum absolute atomic E-state index is 6.97. The van der Waals surface area contributed by atoms with Crippen LogP contribution in [0.2, 0.25) is 0 Å². The van der Waals surface area contributed by atoms with Crippen LogP contribution in [0.4, 0.5) is 0 Å². The predicted octanol–water partition coefficient (Wildman–Crippen LogP) is 10.4. The van der Waals surface area contributed by atoms with Gasteiger partial charge in [0.2, 0.25) is 0 Å². The van der Waals surface area contributed by atoms with E-state index in [4.69, 9.17) is 4.42 Å². The first-order valence-electron chi connectivity index (χ1n) is 18.8. The maximum Gasteiger partial charge on any atom is 0.329 e. The third-order valence-electron chi connectivity index (χ3n) is 14.4. The summed E-state index contributed by atoms with van der Waals surface area (Å²) >= 11 is 0. The summed E-state index contributed by atoms with van der Waals surface area (Å²) in [4.78, 5) is 0. The van der Waals surface area contributed by atoms with E-state index in [-0.39, 0.29) is 17.7 Å². The second kappa shape index (κ2) is 8.60. The zero-order valence-corrected chi connectivity index (χ0v) is 29.3. The lowest BCUT2D eigenvalue weighted by molar-refractivity contribution is 0.278. The van der Waals surface area contributed by atoms with Crippen molar-refractivity contribution < 1.29 is 4.42 Å². The molecule has 2 nitrogen and oxygen atoms in total. The Hall–Kier alpha value is -5.28. The number of hydrogen-bond donors (Lipinski definition) is 0. The normalized spacial score (nSPS) is 21.7. The van der Waals surface area contributed by atoms with Crippen molar-refractivity contribution in [1.29, 1.82) is 0 Å². The molecule has 0 fully saturated rings. The molecule has 0 radical (unpaired) electrons. The van der Waals surface area contributed by atoms with E-state index in [9.17, 15) is 0 Å². The van der Waals surface area contributed by atoms with Crippen LogP contribution >= 0.6 is 0 Å². The minimum Gasteiger partial charge on any atom is -0.455 e. The predicted molar refractivity (Wildman–Crippen MR) is 210 cm³/mol. The molecule has 8 aromatic rings. The number of benzene rings is 6. The minimum atomic E-state index is -0.144. The molecule has 3 heteroatoms. The van der Waals surface area contributed by atoms with Gasteiger partial charge in [-0.2, -0.15) is 0 Å². The standard InChI is InChI=1S/C48H36BNO/c1-47(2)34-19-8-5-14-26(34)39-28-16-12-21-37-40(28)31(24-36(39)47)32-23-33-25-13-7-10-22-38(25)51-45(33)42-30-18-11-17-29-41-27-15-6-9-20-35(27)48(3,4)46(41)50(44(29)30)49(37)43(32)42/h5-23,31,36,39H,24H2,1-4H3. The maximum atomic E-state index is 6.97. The fraction of sp³-hybridized carbons (Fsp3) is 0.208. The molecule has 3 atom stereocenters. The van der Waals surface area contributed by atoms with E-state index >= 15 is 0 Å². The number of furan rings is 1. The Labute approximate surface area is 297 Å². The van der Waals surface area contributed by atoms with E-state index in [0.29, 0.717) is 17.8 Å². The van der Waals surface area contributed by atoms with Gasteiger partial charge in [0.05, 0.1) is 0 Å². The van der Waals surface area contributed by atoms with Crippen molar-refractivity contribution in [2.75, 3.05) is 0 Å². The van der Waals surface area contributed by atoms with E-state index in [0.717, 1.165) is 17.6 Å². The van der Waals surface area contributed by atoms with Crippen LogP contribution in [0.15, 0.2) is 120 Å². The van der Waals surface area contributed by atoms with Crippen molar-refractivity contribution in [3.8, 4) is 22.3 Å². The molecular formula is C48H36BNO. The zero-order valence-electron chi connectivity index (χ0n) is 29.3. The molecule has 0 saturated heterocycles. The highest BCUT2D eigenvalue weighted by molar-refractivity contribution is 6.88. The van der Waals surface area contributed by atoms with E-state index in [1.165, 1.54) is 82.8 Å². The van der Waals surface area contributed by atoms with Gasteiger partial charge in [0.1, 0.15) is 11.2 Å². The molecule has 4 heterocycles. The van der Waals surface area contributed by atoms with Gasteiger partial charge in [-0.05, 0) is 79.8 Å². The number of aromatic nitrogens is 1. The topological polar surface area (TPSA) is 18.1 Å². The number of fused-ring (bicyclic) bond motifs is 17. The molecule has 0 bridgehead atoms. The Morgan fingerprint density at radius 2 is 1.39 bits per heavy atom. The second-order valence-corrected chi connectivity index (χ2v) is 17.1. The lowest BCUT2D eigenvalue weighted by Crippen LogP contribution is -2.59. The molecule has 3 unspecified atom stereocenters. The lowest BCUT2D eigenvalue weighted by atomic mass is 9.39. The van der Waals surface area contributed by atoms with Crippen molar-refractivity contribution in [2.45, 2.75) is 56.8 Å². The Bertz CT molecular complexity index is 2930. The molecule has 3 aliphatic carbocycles. The third-order valence-corrected chi connectivity index (χ3v) is 14.4. The molecule has 5 aliphatic rings. The zero-order chi connectivity index (χ0) is 33.7. The van der Waals surface area contributed by atoms with Crippen LogP contribution in [-0.4, -0.2) is 11.3 Å². The monoisotopic (exact) mass is 653 g/mol. The average Bonchev–Trinajstić information content (AvgIpc) is 3.83. The summed E-state index contributed by atoms with van der Waals surface area (Å²) in [5, 5.41) is 3.83. The molecule has 0 saturated carbocycles. The van der Waals surface area contributed by atoms with E-state index < -0.39 is 0 Å². The van der Waals surface area contributed by atoms with E-state index in [1.807, 2.05) is 0 Å². The molecule has 6 aromatic carbocycles. The van der Waals surface area contributed by atoms with Crippen molar-refractivity contribution >= 4 is 50.6 Å². The molecular weight excluding hydrogens is 617 g/mol. The highest BCUT2D eigenvalue weighted by Crippen LogP contribution is 2.62. The average molecular weight is 654 g/mol. The Morgan fingerprint density at radius 1 is 0.667 bits per heavy atom. The fourth-order valence-electron chi connectivity index (χ4n) is 12.4. The van der Waals surface area contributed by atoms with Crippen molar-refractivity contribution in [2.24, 2.45) is 5.92 Å². The molecule has 0 N–H and O–H groups in total. The molecule has 13 rings (SSSR count). The van der Waals surface area contributed by atoms with Crippen LogP contribution in [-0.2, 0) is 10.8 Å². The summed E-state index contributed by atoms with van der Waals surface area (Å²) in [5.74, 6) is 1.26. The molecule has 2 aromatic heterocycles. The smallest absolute Gasteiger partial charge is 0.329 e. The molecule has 2 aliphatic heterocycles. The van der Waals surface area contributed by atoms with Crippen molar-refractivity contribution in [3.63, 3.8) is 0 Å². The van der Waals surface area contributed by atoms with Gasteiger partial charge in [0.25, 0.3) is 0 Å². The quantitative estimate of drug-likeness (QED) is 0.149. The van der Waals surface area contributed by atoms with Crippen LogP contribution < -0.4 is 10.9 Å². The summed E-state index contributed by atoms with van der Waals surface area (Å²) in [7, 11) is 0. The van der Waals surface area contributed by atoms with Gasteiger partial charge in [0.15, 0.2) is 0 Å². The molecule has 51 heavy (non-hydrogen) atoms. The summed E-state index contributed by atoms with van der Waals surface area (Å²) in [6.07, 6.45) is 1.15. The van der Waals surface area contributed by atoms with Gasteiger partial charge in [-0.25, -0.2) is 0 Å². The Kier molecular flexibility index (Phi) is 4.63. The highest BCUT2D eigenvalue weighted by Gasteiger charge is 2.55. The van der Waals surface area contributed by atoms with Crippen LogP contribution in [0.25, 0.3) is 55.1 Å². The van der Waals surface area contributed by atoms with Gasteiger partial charge in [-0.3, -0.25) is 0 Å². The fourth-order valence-corrected chi connectivity index (χ4v) is 12.4. The number of para-hydroxylation sites is 2. The first-order valence-corrected chi connectivity index (χ1v) is 18.8. The summed E-state index contributed by atoms with van der Waals surface area (Å²) in [6.45, 7) is 9.99. The lowest BCUT2D eigenvalue weighted by Gasteiger charge is -2.46. The summed E-state index contributed by atoms with van der Waals surface area (Å²) in [6, 6.07) is 44.2. The third kappa shape index (κ3) is 2.90. The molecule has 0 amide bonds. The van der Waals surface area contributed by atoms with Crippen LogP contribution in [0, 0.1) is 5.92 Å². The number of hydrogen-bond acceptors (Lipinski definition) is 1. The van der Waals surface area contributed by atoms with Gasteiger partial charge in [-0.1, -0.05) is 131 Å². The highest BCUT2D eigenvalue weighted by atomic mass is 16.3. The Balaban J connectivity index is 1.23. The molecule has 242 valence electrons. The summed E-state index contributed by atoms with van der Waals surface area (Å²) in [5.41, 5.74) is 22.3.